The topological polar surface area (TPSA) is 44.4 Å². The first-order valence-electron chi connectivity index (χ1n) is 10.1. The maximum atomic E-state index is 12.8. The molecule has 4 nitrogen and oxygen atoms in total. The van der Waals surface area contributed by atoms with E-state index in [1.807, 2.05) is 61.6 Å². The van der Waals surface area contributed by atoms with Crippen molar-refractivity contribution >= 4 is 29.9 Å². The maximum absolute atomic E-state index is 12.8. The largest absolute Gasteiger partial charge is 0.344 e. The minimum atomic E-state index is -0.167. The third-order valence-corrected chi connectivity index (χ3v) is 5.77. The van der Waals surface area contributed by atoms with Gasteiger partial charge in [0.05, 0.1) is 12.6 Å². The van der Waals surface area contributed by atoms with E-state index in [0.717, 1.165) is 36.7 Å². The summed E-state index contributed by atoms with van der Waals surface area (Å²) in [5, 5.41) is 7.15. The van der Waals surface area contributed by atoms with Gasteiger partial charge >= 0.3 is 0 Å². The standard InChI is InChI=1S/C23H30ClN3O.ClH/c1-25-14-11-18-12-15-27(16-13-18)17-22(28)26-23(19-5-3-2-4-6-19)20-7-9-21(24)10-8-20;/h2-10,18,23,25H,11-17H2,1H3,(H,26,28);1H. The highest BCUT2D eigenvalue weighted by Crippen LogP contribution is 2.24. The average Bonchev–Trinajstić information content (AvgIpc) is 2.73. The number of halogens is 2. The van der Waals surface area contributed by atoms with E-state index in [0.29, 0.717) is 11.6 Å². The second-order valence-electron chi connectivity index (χ2n) is 7.57. The number of benzene rings is 2. The first kappa shape index (κ1) is 23.7. The fourth-order valence-corrected chi connectivity index (χ4v) is 3.98. The molecule has 1 amide bonds. The molecular formula is C23H31Cl2N3O. The number of carbonyl (C=O) groups is 1. The summed E-state index contributed by atoms with van der Waals surface area (Å²) < 4.78 is 0. The first-order chi connectivity index (χ1) is 13.7. The molecule has 2 aromatic carbocycles. The van der Waals surface area contributed by atoms with Crippen molar-refractivity contribution in [3.8, 4) is 0 Å². The lowest BCUT2D eigenvalue weighted by atomic mass is 9.93. The zero-order valence-electron chi connectivity index (χ0n) is 16.9. The minimum Gasteiger partial charge on any atom is -0.344 e. The molecule has 1 saturated heterocycles. The van der Waals surface area contributed by atoms with Gasteiger partial charge in [-0.15, -0.1) is 12.4 Å². The van der Waals surface area contributed by atoms with E-state index >= 15 is 0 Å². The van der Waals surface area contributed by atoms with Crippen molar-refractivity contribution in [2.45, 2.75) is 25.3 Å². The summed E-state index contributed by atoms with van der Waals surface area (Å²) in [6.45, 7) is 3.53. The van der Waals surface area contributed by atoms with E-state index in [-0.39, 0.29) is 24.4 Å². The molecule has 0 bridgehead atoms. The Labute approximate surface area is 185 Å². The highest BCUT2D eigenvalue weighted by atomic mass is 35.5. The molecule has 2 N–H and O–H groups in total. The quantitative estimate of drug-likeness (QED) is 0.649. The molecule has 1 aliphatic heterocycles. The molecule has 1 fully saturated rings. The van der Waals surface area contributed by atoms with Crippen LogP contribution in [0.5, 0.6) is 0 Å². The Kier molecular flexibility index (Phi) is 9.95. The number of rotatable bonds is 8. The smallest absolute Gasteiger partial charge is 0.234 e. The number of likely N-dealkylation sites (tertiary alicyclic amines) is 1. The molecule has 1 aliphatic rings. The third kappa shape index (κ3) is 7.31. The Morgan fingerprint density at radius 2 is 1.69 bits per heavy atom. The van der Waals surface area contributed by atoms with Crippen LogP contribution in [0.15, 0.2) is 54.6 Å². The number of nitrogens with one attached hydrogen (secondary N) is 2. The number of hydrogen-bond acceptors (Lipinski definition) is 3. The van der Waals surface area contributed by atoms with E-state index in [9.17, 15) is 4.79 Å². The molecule has 0 saturated carbocycles. The first-order valence-corrected chi connectivity index (χ1v) is 10.5. The van der Waals surface area contributed by atoms with E-state index in [2.05, 4.69) is 15.5 Å². The SMILES string of the molecule is CNCCC1CCN(CC(=O)NC(c2ccccc2)c2ccc(Cl)cc2)CC1.Cl. The van der Waals surface area contributed by atoms with E-state index in [4.69, 9.17) is 11.6 Å². The summed E-state index contributed by atoms with van der Waals surface area (Å²) in [5.41, 5.74) is 2.11. The van der Waals surface area contributed by atoms with Crippen LogP contribution in [0.2, 0.25) is 5.02 Å². The fourth-order valence-electron chi connectivity index (χ4n) is 3.85. The molecule has 0 spiro atoms. The second-order valence-corrected chi connectivity index (χ2v) is 8.01. The maximum Gasteiger partial charge on any atom is 0.234 e. The molecule has 2 aromatic rings. The summed E-state index contributed by atoms with van der Waals surface area (Å²) in [7, 11) is 2.00. The van der Waals surface area contributed by atoms with Gasteiger partial charge in [0, 0.05) is 5.02 Å². The van der Waals surface area contributed by atoms with Crippen molar-refractivity contribution < 1.29 is 4.79 Å². The van der Waals surface area contributed by atoms with Crippen LogP contribution in [0.1, 0.15) is 36.4 Å². The van der Waals surface area contributed by atoms with Gasteiger partial charge in [-0.1, -0.05) is 54.1 Å². The van der Waals surface area contributed by atoms with Gasteiger partial charge < -0.3 is 10.6 Å². The van der Waals surface area contributed by atoms with Crippen molar-refractivity contribution in [3.63, 3.8) is 0 Å². The van der Waals surface area contributed by atoms with Gasteiger partial charge in [0.1, 0.15) is 0 Å². The number of piperidine rings is 1. The number of carbonyl (C=O) groups excluding carboxylic acids is 1. The Morgan fingerprint density at radius 3 is 2.31 bits per heavy atom. The second kappa shape index (κ2) is 12.2. The van der Waals surface area contributed by atoms with Crippen molar-refractivity contribution in [1.82, 2.24) is 15.5 Å². The van der Waals surface area contributed by atoms with Crippen LogP contribution in [-0.2, 0) is 4.79 Å². The molecule has 0 radical (unpaired) electrons. The lowest BCUT2D eigenvalue weighted by Gasteiger charge is -2.32. The summed E-state index contributed by atoms with van der Waals surface area (Å²) in [6.07, 6.45) is 3.58. The monoisotopic (exact) mass is 435 g/mol. The van der Waals surface area contributed by atoms with Gasteiger partial charge in [0.2, 0.25) is 5.91 Å². The summed E-state index contributed by atoms with van der Waals surface area (Å²) in [6, 6.07) is 17.6. The summed E-state index contributed by atoms with van der Waals surface area (Å²) in [5.74, 6) is 0.843. The van der Waals surface area contributed by atoms with E-state index in [1.165, 1.54) is 19.3 Å². The lowest BCUT2D eigenvalue weighted by molar-refractivity contribution is -0.123. The van der Waals surface area contributed by atoms with Crippen molar-refractivity contribution in [3.05, 3.63) is 70.7 Å². The van der Waals surface area contributed by atoms with E-state index < -0.39 is 0 Å². The highest BCUT2D eigenvalue weighted by molar-refractivity contribution is 6.30. The zero-order valence-corrected chi connectivity index (χ0v) is 18.5. The minimum absolute atomic E-state index is 0. The van der Waals surface area contributed by atoms with Crippen molar-refractivity contribution in [2.24, 2.45) is 5.92 Å². The Morgan fingerprint density at radius 1 is 1.07 bits per heavy atom. The molecule has 3 rings (SSSR count). The van der Waals surface area contributed by atoms with Crippen molar-refractivity contribution in [1.29, 1.82) is 0 Å². The zero-order chi connectivity index (χ0) is 19.8. The number of hydrogen-bond donors (Lipinski definition) is 2. The molecule has 0 aromatic heterocycles. The molecule has 158 valence electrons. The summed E-state index contributed by atoms with van der Waals surface area (Å²) in [4.78, 5) is 15.1. The van der Waals surface area contributed by atoms with Gasteiger partial charge in [0.25, 0.3) is 0 Å². The Balaban J connectivity index is 0.00000300. The van der Waals surface area contributed by atoms with Gasteiger partial charge in [0.15, 0.2) is 0 Å². The molecule has 0 aliphatic carbocycles. The van der Waals surface area contributed by atoms with Gasteiger partial charge in [-0.3, -0.25) is 9.69 Å². The van der Waals surface area contributed by atoms with Crippen LogP contribution in [0, 0.1) is 5.92 Å². The number of nitrogens with zero attached hydrogens (tertiary/aromatic N) is 1. The van der Waals surface area contributed by atoms with Crippen LogP contribution in [-0.4, -0.2) is 44.0 Å². The normalized spacial score (nSPS) is 16.1. The van der Waals surface area contributed by atoms with Crippen molar-refractivity contribution in [2.75, 3.05) is 33.2 Å². The van der Waals surface area contributed by atoms with Crippen LogP contribution >= 0.6 is 24.0 Å². The highest BCUT2D eigenvalue weighted by Gasteiger charge is 2.22. The number of amides is 1. The third-order valence-electron chi connectivity index (χ3n) is 5.52. The molecule has 1 atom stereocenters. The molecule has 1 unspecified atom stereocenters. The van der Waals surface area contributed by atoms with E-state index in [1.54, 1.807) is 0 Å². The lowest BCUT2D eigenvalue weighted by Crippen LogP contribution is -2.42. The van der Waals surface area contributed by atoms with Crippen LogP contribution in [0.3, 0.4) is 0 Å². The van der Waals surface area contributed by atoms with Crippen LogP contribution in [0.4, 0.5) is 0 Å². The molecule has 6 heteroatoms. The average molecular weight is 436 g/mol. The molecule has 29 heavy (non-hydrogen) atoms. The van der Waals surface area contributed by atoms with Gasteiger partial charge in [-0.25, -0.2) is 0 Å². The molecular weight excluding hydrogens is 405 g/mol. The predicted octanol–water partition coefficient (Wildman–Crippen LogP) is 4.29. The van der Waals surface area contributed by atoms with Crippen LogP contribution < -0.4 is 10.6 Å². The summed E-state index contributed by atoms with van der Waals surface area (Å²) >= 11 is 6.04. The Bertz CT molecular complexity index is 732. The Hall–Kier alpha value is -1.59. The van der Waals surface area contributed by atoms with Gasteiger partial charge in [-0.2, -0.15) is 0 Å². The van der Waals surface area contributed by atoms with Crippen LogP contribution in [0.25, 0.3) is 0 Å². The van der Waals surface area contributed by atoms with Gasteiger partial charge in [-0.05, 0) is 75.1 Å². The predicted molar refractivity (Wildman–Crippen MR) is 123 cm³/mol. The molecule has 1 heterocycles. The fraction of sp³-hybridized carbons (Fsp3) is 0.435.